The first-order valence-corrected chi connectivity index (χ1v) is 5.50. The van der Waals surface area contributed by atoms with Crippen LogP contribution in [0.5, 0.6) is 0 Å². The first kappa shape index (κ1) is 15.2. The Kier molecular flexibility index (Phi) is 4.03. The van der Waals surface area contributed by atoms with Crippen molar-refractivity contribution in [3.63, 3.8) is 0 Å². The molecule has 2 aromatic carbocycles. The van der Waals surface area contributed by atoms with Crippen LogP contribution in [0.4, 0.5) is 13.2 Å². The molecule has 3 aromatic rings. The van der Waals surface area contributed by atoms with Gasteiger partial charge in [0.2, 0.25) is 0 Å². The number of nitrogens with one attached hydrogen (secondary N) is 1. The minimum atomic E-state index is -4.43. The molecule has 2 nitrogen and oxygen atoms in total. The van der Waals surface area contributed by atoms with Gasteiger partial charge in [-0.2, -0.15) is 37.4 Å². The number of fused-ring (bicyclic) bond motifs is 3. The summed E-state index contributed by atoms with van der Waals surface area (Å²) in [5.74, 6) is 0. The number of alkyl halides is 3. The van der Waals surface area contributed by atoms with E-state index >= 15 is 0 Å². The zero-order valence-corrected chi connectivity index (χ0v) is 12.9. The minimum absolute atomic E-state index is 0. The van der Waals surface area contributed by atoms with Gasteiger partial charge in [-0.3, -0.25) is 4.79 Å². The Hall–Kier alpha value is -1.20. The fourth-order valence-electron chi connectivity index (χ4n) is 2.10. The summed E-state index contributed by atoms with van der Waals surface area (Å²) >= 11 is 0. The maximum atomic E-state index is 12.6. The second-order valence-corrected chi connectivity index (χ2v) is 4.18. The summed E-state index contributed by atoms with van der Waals surface area (Å²) < 4.78 is 37.9. The van der Waals surface area contributed by atoms with E-state index in [1.54, 1.807) is 12.1 Å². The summed E-state index contributed by atoms with van der Waals surface area (Å²) in [6.07, 6.45) is -4.43. The molecule has 0 saturated carbocycles. The van der Waals surface area contributed by atoms with Crippen LogP contribution in [-0.4, -0.2) is 4.98 Å². The summed E-state index contributed by atoms with van der Waals surface area (Å²) in [6.45, 7) is 0. The van der Waals surface area contributed by atoms with E-state index in [9.17, 15) is 18.0 Å². The minimum Gasteiger partial charge on any atom is -0.332 e. The Morgan fingerprint density at radius 3 is 2.50 bits per heavy atom. The van der Waals surface area contributed by atoms with Crippen LogP contribution in [0.25, 0.3) is 21.7 Å². The van der Waals surface area contributed by atoms with Gasteiger partial charge < -0.3 is 4.98 Å². The Balaban J connectivity index is 0.00000147. The number of hydrogen-bond acceptors (Lipinski definition) is 1. The summed E-state index contributed by atoms with van der Waals surface area (Å²) in [6, 6.07) is 10.9. The molecule has 1 N–H and O–H groups in total. The zero-order chi connectivity index (χ0) is 13.6. The van der Waals surface area contributed by atoms with Gasteiger partial charge in [0.15, 0.2) is 5.56 Å². The Bertz CT molecular complexity index is 839. The number of H-pyrrole nitrogens is 1. The molecule has 0 aliphatic heterocycles. The number of aromatic amines is 1. The molecule has 1 heterocycles. The first-order chi connectivity index (χ1) is 8.97. The van der Waals surface area contributed by atoms with Crippen molar-refractivity contribution < 1.29 is 45.9 Å². The van der Waals surface area contributed by atoms with Gasteiger partial charge in [0.1, 0.15) is 0 Å². The largest absolute Gasteiger partial charge is 0.416 e. The second kappa shape index (κ2) is 5.30. The number of pyridine rings is 1. The molecular weight excluding hydrogens is 344 g/mol. The van der Waals surface area contributed by atoms with Crippen molar-refractivity contribution in [2.45, 2.75) is 6.18 Å². The molecule has 0 aliphatic carbocycles. The van der Waals surface area contributed by atoms with E-state index in [2.05, 4.69) is 11.1 Å². The van der Waals surface area contributed by atoms with Gasteiger partial charge in [-0.15, -0.1) is 5.39 Å². The summed E-state index contributed by atoms with van der Waals surface area (Å²) in [4.78, 5) is 14.3. The Labute approximate surface area is 136 Å². The summed E-state index contributed by atoms with van der Waals surface area (Å²) in [7, 11) is 0. The molecule has 0 spiro atoms. The van der Waals surface area contributed by atoms with Crippen LogP contribution in [0.3, 0.4) is 0 Å². The van der Waals surface area contributed by atoms with Gasteiger partial charge in [0.25, 0.3) is 0 Å². The van der Waals surface area contributed by atoms with Gasteiger partial charge in [-0.1, -0.05) is 11.5 Å². The van der Waals surface area contributed by atoms with Crippen LogP contribution in [-0.2, 0) is 38.9 Å². The van der Waals surface area contributed by atoms with E-state index in [0.29, 0.717) is 16.2 Å². The molecule has 99 valence electrons. The van der Waals surface area contributed by atoms with E-state index in [1.165, 1.54) is 12.1 Å². The SMILES string of the molecule is O=c1[nH]c2cc(C(F)(F)F)ccc2c2cc[c-]cc12.[Y]. The monoisotopic (exact) mass is 351 g/mol. The molecular formula is C14H7F3NOY-. The molecule has 0 bridgehead atoms. The fourth-order valence-corrected chi connectivity index (χ4v) is 2.10. The van der Waals surface area contributed by atoms with Crippen LogP contribution >= 0.6 is 0 Å². The van der Waals surface area contributed by atoms with Crippen LogP contribution in [0, 0.1) is 6.07 Å². The first-order valence-electron chi connectivity index (χ1n) is 5.50. The predicted octanol–water partition coefficient (Wildman–Crippen LogP) is 3.50. The topological polar surface area (TPSA) is 32.9 Å². The number of halogens is 3. The van der Waals surface area contributed by atoms with E-state index in [1.807, 2.05) is 0 Å². The van der Waals surface area contributed by atoms with Gasteiger partial charge in [-0.05, 0) is 17.5 Å². The maximum absolute atomic E-state index is 12.6. The molecule has 0 amide bonds. The van der Waals surface area contributed by atoms with Crippen molar-refractivity contribution in [2.75, 3.05) is 0 Å². The van der Waals surface area contributed by atoms with Gasteiger partial charge >= 0.3 is 6.18 Å². The molecule has 0 atom stereocenters. The van der Waals surface area contributed by atoms with E-state index in [0.717, 1.165) is 12.1 Å². The molecule has 1 radical (unpaired) electrons. The van der Waals surface area contributed by atoms with Crippen molar-refractivity contribution in [2.24, 2.45) is 0 Å². The third kappa shape index (κ3) is 2.52. The number of aromatic nitrogens is 1. The molecule has 3 rings (SSSR count). The van der Waals surface area contributed by atoms with Crippen LogP contribution in [0.1, 0.15) is 5.56 Å². The normalized spacial score (nSPS) is 11.6. The molecule has 0 unspecified atom stereocenters. The maximum Gasteiger partial charge on any atom is 0.416 e. The summed E-state index contributed by atoms with van der Waals surface area (Å²) in [5, 5.41) is 1.61. The van der Waals surface area contributed by atoms with Crippen LogP contribution in [0.2, 0.25) is 0 Å². The predicted molar refractivity (Wildman–Crippen MR) is 65.9 cm³/mol. The Morgan fingerprint density at radius 1 is 1.05 bits per heavy atom. The second-order valence-electron chi connectivity index (χ2n) is 4.18. The zero-order valence-electron chi connectivity index (χ0n) is 10.1. The van der Waals surface area contributed by atoms with Crippen molar-refractivity contribution in [1.29, 1.82) is 0 Å². The number of benzene rings is 2. The van der Waals surface area contributed by atoms with Crippen LogP contribution in [0.15, 0.2) is 41.2 Å². The van der Waals surface area contributed by atoms with Gasteiger partial charge in [0, 0.05) is 38.2 Å². The van der Waals surface area contributed by atoms with Crippen LogP contribution < -0.4 is 5.56 Å². The smallest absolute Gasteiger partial charge is 0.332 e. The molecule has 0 saturated heterocycles. The molecule has 0 aliphatic rings. The molecule has 20 heavy (non-hydrogen) atoms. The standard InChI is InChI=1S/C14H7F3NO.Y/c15-14(16,17)8-5-6-10-9-3-1-2-4-11(9)13(19)18-12(10)7-8;/h1,3-7H,(H,18,19);/q-1;. The molecule has 1 aromatic heterocycles. The van der Waals surface area contributed by atoms with Gasteiger partial charge in [0.05, 0.1) is 5.56 Å². The van der Waals surface area contributed by atoms with Crippen molar-refractivity contribution >= 4 is 21.7 Å². The fraction of sp³-hybridized carbons (Fsp3) is 0.0714. The Morgan fingerprint density at radius 2 is 1.80 bits per heavy atom. The van der Waals surface area contributed by atoms with E-state index < -0.39 is 17.3 Å². The average Bonchev–Trinajstić information content (AvgIpc) is 2.37. The molecule has 0 fully saturated rings. The summed E-state index contributed by atoms with van der Waals surface area (Å²) in [5.41, 5.74) is -1.02. The van der Waals surface area contributed by atoms with Crippen molar-refractivity contribution in [3.8, 4) is 0 Å². The van der Waals surface area contributed by atoms with Crippen molar-refractivity contribution in [1.82, 2.24) is 4.98 Å². The quantitative estimate of drug-likeness (QED) is 0.488. The third-order valence-electron chi connectivity index (χ3n) is 2.99. The van der Waals surface area contributed by atoms with E-state index in [-0.39, 0.29) is 38.2 Å². The van der Waals surface area contributed by atoms with Gasteiger partial charge in [-0.25, -0.2) is 0 Å². The number of hydrogen-bond donors (Lipinski definition) is 1. The van der Waals surface area contributed by atoms with Crippen molar-refractivity contribution in [3.05, 3.63) is 58.4 Å². The average molecular weight is 351 g/mol. The molecule has 6 heteroatoms. The van der Waals surface area contributed by atoms with E-state index in [4.69, 9.17) is 0 Å². The number of rotatable bonds is 0. The third-order valence-corrected chi connectivity index (χ3v) is 2.99.